The van der Waals surface area contributed by atoms with Crippen LogP contribution in [0.25, 0.3) is 11.0 Å². The van der Waals surface area contributed by atoms with Crippen LogP contribution >= 0.6 is 0 Å². The summed E-state index contributed by atoms with van der Waals surface area (Å²) in [6.07, 6.45) is 1.58. The zero-order chi connectivity index (χ0) is 14.1. The summed E-state index contributed by atoms with van der Waals surface area (Å²) in [6, 6.07) is 10.5. The minimum atomic E-state index is -0.464. The highest BCUT2D eigenvalue weighted by Gasteiger charge is 2.20. The van der Waals surface area contributed by atoms with Gasteiger partial charge in [0, 0.05) is 16.5 Å². The first-order chi connectivity index (χ1) is 9.70. The van der Waals surface area contributed by atoms with Gasteiger partial charge in [-0.1, -0.05) is 18.2 Å². The highest BCUT2D eigenvalue weighted by atomic mass is 19.1. The van der Waals surface area contributed by atoms with E-state index < -0.39 is 17.7 Å². The minimum Gasteiger partial charge on any atom is -0.464 e. The van der Waals surface area contributed by atoms with E-state index in [0.29, 0.717) is 0 Å². The van der Waals surface area contributed by atoms with Gasteiger partial charge in [0.05, 0.1) is 12.3 Å². The highest BCUT2D eigenvalue weighted by molar-refractivity contribution is 5.81. The molecule has 1 N–H and O–H groups in total. The Hall–Kier alpha value is -2.20. The molecule has 3 aromatic rings. The third kappa shape index (κ3) is 2.08. The number of nitrogens with one attached hydrogen (secondary N) is 1. The smallest absolute Gasteiger partial charge is 0.134 e. The number of furan rings is 1. The van der Waals surface area contributed by atoms with Crippen LogP contribution in [0.5, 0.6) is 0 Å². The second-order valence-electron chi connectivity index (χ2n) is 4.57. The molecule has 2 aromatic carbocycles. The van der Waals surface area contributed by atoms with Gasteiger partial charge in [0.2, 0.25) is 0 Å². The van der Waals surface area contributed by atoms with Gasteiger partial charge in [0.25, 0.3) is 0 Å². The molecule has 0 saturated heterocycles. The lowest BCUT2D eigenvalue weighted by molar-refractivity contribution is 0.551. The summed E-state index contributed by atoms with van der Waals surface area (Å²) in [7, 11) is 1.71. The lowest BCUT2D eigenvalue weighted by atomic mass is 9.98. The summed E-state index contributed by atoms with van der Waals surface area (Å²) >= 11 is 0. The van der Waals surface area contributed by atoms with E-state index in [1.807, 2.05) is 24.3 Å². The van der Waals surface area contributed by atoms with Crippen molar-refractivity contribution >= 4 is 11.0 Å². The molecule has 1 unspecified atom stereocenters. The van der Waals surface area contributed by atoms with Crippen LogP contribution in [0.1, 0.15) is 17.2 Å². The lowest BCUT2D eigenvalue weighted by Crippen LogP contribution is -2.18. The van der Waals surface area contributed by atoms with E-state index in [9.17, 15) is 8.78 Å². The van der Waals surface area contributed by atoms with Gasteiger partial charge in [-0.3, -0.25) is 0 Å². The van der Waals surface area contributed by atoms with Crippen molar-refractivity contribution in [1.82, 2.24) is 5.32 Å². The third-order valence-electron chi connectivity index (χ3n) is 3.38. The van der Waals surface area contributed by atoms with Crippen LogP contribution < -0.4 is 5.32 Å². The average Bonchev–Trinajstić information content (AvgIpc) is 2.88. The van der Waals surface area contributed by atoms with Crippen molar-refractivity contribution in [2.24, 2.45) is 0 Å². The quantitative estimate of drug-likeness (QED) is 0.779. The van der Waals surface area contributed by atoms with Gasteiger partial charge in [0.1, 0.15) is 17.2 Å². The van der Waals surface area contributed by atoms with E-state index in [1.165, 1.54) is 6.07 Å². The minimum absolute atomic E-state index is 0.263. The van der Waals surface area contributed by atoms with Crippen LogP contribution in [0.4, 0.5) is 8.78 Å². The molecule has 0 aliphatic heterocycles. The molecule has 20 heavy (non-hydrogen) atoms. The van der Waals surface area contributed by atoms with E-state index in [2.05, 4.69) is 5.32 Å². The Morgan fingerprint density at radius 2 is 1.85 bits per heavy atom. The van der Waals surface area contributed by atoms with E-state index >= 15 is 0 Å². The number of hydrogen-bond donors (Lipinski definition) is 1. The Morgan fingerprint density at radius 3 is 2.65 bits per heavy atom. The summed E-state index contributed by atoms with van der Waals surface area (Å²) in [5, 5.41) is 3.90. The molecule has 0 aliphatic carbocycles. The van der Waals surface area contributed by atoms with Crippen molar-refractivity contribution in [1.29, 1.82) is 0 Å². The van der Waals surface area contributed by atoms with Gasteiger partial charge in [-0.05, 0) is 31.3 Å². The molecular formula is C16H13F2NO. The topological polar surface area (TPSA) is 25.2 Å². The van der Waals surface area contributed by atoms with Crippen molar-refractivity contribution in [3.63, 3.8) is 0 Å². The second-order valence-corrected chi connectivity index (χ2v) is 4.57. The molecule has 2 nitrogen and oxygen atoms in total. The number of hydrogen-bond acceptors (Lipinski definition) is 2. The van der Waals surface area contributed by atoms with Crippen LogP contribution in [0, 0.1) is 11.6 Å². The van der Waals surface area contributed by atoms with Crippen molar-refractivity contribution < 1.29 is 13.2 Å². The standard InChI is InChI=1S/C16H13F2NO/c1-19-16(12-8-10(17)6-7-14(12)18)13-9-20-15-5-3-2-4-11(13)15/h2-9,16,19H,1H3. The summed E-state index contributed by atoms with van der Waals surface area (Å²) in [4.78, 5) is 0. The Kier molecular flexibility index (Phi) is 3.24. The molecule has 3 rings (SSSR count). The Labute approximate surface area is 115 Å². The van der Waals surface area contributed by atoms with Crippen molar-refractivity contribution in [3.05, 3.63) is 71.5 Å². The van der Waals surface area contributed by atoms with Crippen LogP contribution in [0.15, 0.2) is 53.1 Å². The van der Waals surface area contributed by atoms with E-state index in [-0.39, 0.29) is 5.56 Å². The van der Waals surface area contributed by atoms with Gasteiger partial charge in [-0.15, -0.1) is 0 Å². The fourth-order valence-corrected chi connectivity index (χ4v) is 2.44. The normalized spacial score (nSPS) is 12.8. The van der Waals surface area contributed by atoms with E-state index in [0.717, 1.165) is 28.7 Å². The summed E-state index contributed by atoms with van der Waals surface area (Å²) in [5.74, 6) is -0.912. The first-order valence-electron chi connectivity index (χ1n) is 6.29. The van der Waals surface area contributed by atoms with Gasteiger partial charge < -0.3 is 9.73 Å². The molecule has 0 bridgehead atoms. The fourth-order valence-electron chi connectivity index (χ4n) is 2.44. The zero-order valence-electron chi connectivity index (χ0n) is 10.9. The predicted octanol–water partition coefficient (Wildman–Crippen LogP) is 4.02. The first-order valence-corrected chi connectivity index (χ1v) is 6.29. The predicted molar refractivity (Wildman–Crippen MR) is 73.5 cm³/mol. The monoisotopic (exact) mass is 273 g/mol. The number of rotatable bonds is 3. The molecule has 1 aromatic heterocycles. The SMILES string of the molecule is CNC(c1cc(F)ccc1F)c1coc2ccccc12. The number of para-hydroxylation sites is 1. The van der Waals surface area contributed by atoms with Crippen molar-refractivity contribution in [3.8, 4) is 0 Å². The maximum atomic E-state index is 14.0. The third-order valence-corrected chi connectivity index (χ3v) is 3.38. The maximum absolute atomic E-state index is 14.0. The Bertz CT molecular complexity index is 751. The number of halogens is 2. The Morgan fingerprint density at radius 1 is 1.05 bits per heavy atom. The van der Waals surface area contributed by atoms with E-state index in [1.54, 1.807) is 13.3 Å². The molecular weight excluding hydrogens is 260 g/mol. The van der Waals surface area contributed by atoms with Gasteiger partial charge in [0.15, 0.2) is 0 Å². The van der Waals surface area contributed by atoms with Gasteiger partial charge in [-0.2, -0.15) is 0 Å². The molecule has 102 valence electrons. The summed E-state index contributed by atoms with van der Waals surface area (Å²) in [6.45, 7) is 0. The molecule has 0 spiro atoms. The lowest BCUT2D eigenvalue weighted by Gasteiger charge is -2.16. The zero-order valence-corrected chi connectivity index (χ0v) is 10.9. The molecule has 0 fully saturated rings. The fraction of sp³-hybridized carbons (Fsp3) is 0.125. The summed E-state index contributed by atoms with van der Waals surface area (Å²) in [5.41, 5.74) is 1.77. The first kappa shape index (κ1) is 12.8. The number of benzene rings is 2. The van der Waals surface area contributed by atoms with Crippen molar-refractivity contribution in [2.75, 3.05) is 7.05 Å². The molecule has 0 aliphatic rings. The van der Waals surface area contributed by atoms with Gasteiger partial charge in [-0.25, -0.2) is 8.78 Å². The summed E-state index contributed by atoms with van der Waals surface area (Å²) < 4.78 is 32.8. The maximum Gasteiger partial charge on any atom is 0.134 e. The number of fused-ring (bicyclic) bond motifs is 1. The molecule has 0 amide bonds. The van der Waals surface area contributed by atoms with Crippen molar-refractivity contribution in [2.45, 2.75) is 6.04 Å². The average molecular weight is 273 g/mol. The highest BCUT2D eigenvalue weighted by Crippen LogP contribution is 2.31. The Balaban J connectivity index is 2.16. The molecule has 0 saturated carbocycles. The molecule has 0 radical (unpaired) electrons. The molecule has 1 atom stereocenters. The van der Waals surface area contributed by atoms with Crippen LogP contribution in [0.2, 0.25) is 0 Å². The van der Waals surface area contributed by atoms with Gasteiger partial charge >= 0.3 is 0 Å². The van der Waals surface area contributed by atoms with Crippen LogP contribution in [0.3, 0.4) is 0 Å². The van der Waals surface area contributed by atoms with Crippen LogP contribution in [-0.2, 0) is 0 Å². The molecule has 1 heterocycles. The second kappa shape index (κ2) is 5.06. The van der Waals surface area contributed by atoms with Crippen LogP contribution in [-0.4, -0.2) is 7.05 Å². The largest absolute Gasteiger partial charge is 0.464 e. The van der Waals surface area contributed by atoms with E-state index in [4.69, 9.17) is 4.42 Å². The molecule has 4 heteroatoms.